The first kappa shape index (κ1) is 19.8. The highest BCUT2D eigenvalue weighted by Crippen LogP contribution is 2.20. The molecule has 0 bridgehead atoms. The number of aliphatic carboxylic acids is 1. The van der Waals surface area contributed by atoms with E-state index in [1.807, 2.05) is 30.3 Å². The number of pyridine rings is 1. The minimum Gasteiger partial charge on any atom is -0.482 e. The molecule has 3 N–H and O–H groups in total. The van der Waals surface area contributed by atoms with E-state index in [4.69, 9.17) is 9.84 Å². The number of nitrogens with one attached hydrogen (secondary N) is 2. The summed E-state index contributed by atoms with van der Waals surface area (Å²) in [6.07, 6.45) is 3.40. The molecule has 1 fully saturated rings. The number of rotatable bonds is 8. The highest BCUT2D eigenvalue weighted by molar-refractivity contribution is 5.82. The molecule has 2 aromatic rings. The van der Waals surface area contributed by atoms with E-state index in [0.717, 1.165) is 17.7 Å². The molecular formula is C20H24N4O4. The van der Waals surface area contributed by atoms with Crippen LogP contribution in [0.2, 0.25) is 0 Å². The van der Waals surface area contributed by atoms with Crippen molar-refractivity contribution in [1.82, 2.24) is 20.5 Å². The van der Waals surface area contributed by atoms with Crippen molar-refractivity contribution in [2.45, 2.75) is 19.1 Å². The van der Waals surface area contributed by atoms with Gasteiger partial charge in [0.1, 0.15) is 5.75 Å². The van der Waals surface area contributed by atoms with E-state index in [2.05, 4.69) is 20.5 Å². The summed E-state index contributed by atoms with van der Waals surface area (Å²) in [6.45, 7) is 2.73. The summed E-state index contributed by atoms with van der Waals surface area (Å²) < 4.78 is 5.38. The first-order valence-electron chi connectivity index (χ1n) is 9.16. The Labute approximate surface area is 163 Å². The fourth-order valence-electron chi connectivity index (χ4n) is 3.10. The number of piperazine rings is 1. The second-order valence-electron chi connectivity index (χ2n) is 6.61. The largest absolute Gasteiger partial charge is 0.482 e. The Balaban J connectivity index is 1.55. The molecule has 8 heteroatoms. The van der Waals surface area contributed by atoms with Crippen LogP contribution in [0.5, 0.6) is 5.75 Å². The van der Waals surface area contributed by atoms with Crippen molar-refractivity contribution in [3.05, 3.63) is 59.9 Å². The number of carboxylic acids is 1. The van der Waals surface area contributed by atoms with Crippen LogP contribution in [0.1, 0.15) is 11.1 Å². The molecule has 2 heterocycles. The van der Waals surface area contributed by atoms with E-state index in [1.54, 1.807) is 18.5 Å². The zero-order chi connectivity index (χ0) is 19.8. The van der Waals surface area contributed by atoms with Gasteiger partial charge in [0.2, 0.25) is 5.91 Å². The number of nitrogens with zero attached hydrogens (tertiary/aromatic N) is 2. The van der Waals surface area contributed by atoms with Crippen LogP contribution in [0, 0.1) is 0 Å². The number of amides is 1. The molecule has 3 rings (SSSR count). The van der Waals surface area contributed by atoms with Gasteiger partial charge in [0, 0.05) is 50.7 Å². The molecule has 0 unspecified atom stereocenters. The summed E-state index contributed by atoms with van der Waals surface area (Å²) in [5, 5.41) is 15.0. The Bertz CT molecular complexity index is 800. The zero-order valence-corrected chi connectivity index (χ0v) is 15.5. The van der Waals surface area contributed by atoms with Crippen molar-refractivity contribution in [3.8, 4) is 5.75 Å². The molecule has 1 aromatic heterocycles. The molecule has 148 valence electrons. The number of ether oxygens (including phenoxy) is 1. The number of benzene rings is 1. The number of carbonyl (C=O) groups is 2. The summed E-state index contributed by atoms with van der Waals surface area (Å²) in [6, 6.07) is 10.8. The van der Waals surface area contributed by atoms with Crippen LogP contribution < -0.4 is 15.4 Å². The third kappa shape index (κ3) is 5.77. The number of para-hydroxylation sites is 1. The van der Waals surface area contributed by atoms with Crippen LogP contribution in [-0.2, 0) is 22.7 Å². The van der Waals surface area contributed by atoms with Gasteiger partial charge >= 0.3 is 5.97 Å². The Hall–Kier alpha value is -2.97. The first-order valence-corrected chi connectivity index (χ1v) is 9.16. The lowest BCUT2D eigenvalue weighted by atomic mass is 10.1. The minimum atomic E-state index is -1.01. The molecule has 1 aliphatic heterocycles. The first-order chi connectivity index (χ1) is 13.6. The van der Waals surface area contributed by atoms with E-state index >= 15 is 0 Å². The van der Waals surface area contributed by atoms with Crippen LogP contribution in [0.3, 0.4) is 0 Å². The molecule has 1 aromatic carbocycles. The molecular weight excluding hydrogens is 360 g/mol. The fraction of sp³-hybridized carbons (Fsp3) is 0.350. The van der Waals surface area contributed by atoms with Gasteiger partial charge in [0.05, 0.1) is 6.04 Å². The Morgan fingerprint density at radius 3 is 2.82 bits per heavy atom. The standard InChI is InChI=1S/C20H24N4O4/c25-19(26)14-28-18-4-2-1-3-16(18)12-24-10-9-22-17(13-24)20(27)23-11-15-5-7-21-8-6-15/h1-8,17,22H,9-14H2,(H,23,27)(H,25,26)/t17-/m0/s1. The van der Waals surface area contributed by atoms with Crippen molar-refractivity contribution in [2.24, 2.45) is 0 Å². The quantitative estimate of drug-likeness (QED) is 0.613. The van der Waals surface area contributed by atoms with Crippen LogP contribution >= 0.6 is 0 Å². The average molecular weight is 384 g/mol. The zero-order valence-electron chi connectivity index (χ0n) is 15.5. The smallest absolute Gasteiger partial charge is 0.341 e. The lowest BCUT2D eigenvalue weighted by Gasteiger charge is -2.33. The minimum absolute atomic E-state index is 0.0445. The maximum atomic E-state index is 12.5. The predicted molar refractivity (Wildman–Crippen MR) is 103 cm³/mol. The maximum absolute atomic E-state index is 12.5. The molecule has 8 nitrogen and oxygen atoms in total. The molecule has 0 radical (unpaired) electrons. The van der Waals surface area contributed by atoms with Crippen LogP contribution in [0.4, 0.5) is 0 Å². The Morgan fingerprint density at radius 2 is 2.04 bits per heavy atom. The SMILES string of the molecule is O=C(O)COc1ccccc1CN1CCN[C@H](C(=O)NCc2ccncc2)C1. The van der Waals surface area contributed by atoms with Gasteiger partial charge in [-0.3, -0.25) is 14.7 Å². The normalized spacial score (nSPS) is 17.1. The van der Waals surface area contributed by atoms with E-state index in [1.165, 1.54) is 0 Å². The van der Waals surface area contributed by atoms with Gasteiger partial charge in [-0.25, -0.2) is 4.79 Å². The van der Waals surface area contributed by atoms with Gasteiger partial charge < -0.3 is 20.5 Å². The highest BCUT2D eigenvalue weighted by Gasteiger charge is 2.25. The van der Waals surface area contributed by atoms with Crippen LogP contribution in [0.15, 0.2) is 48.8 Å². The van der Waals surface area contributed by atoms with E-state index in [0.29, 0.717) is 31.9 Å². The molecule has 1 atom stereocenters. The average Bonchev–Trinajstić information content (AvgIpc) is 2.72. The molecule has 1 saturated heterocycles. The molecule has 1 aliphatic rings. The van der Waals surface area contributed by atoms with E-state index in [9.17, 15) is 9.59 Å². The van der Waals surface area contributed by atoms with Gasteiger partial charge in [0.15, 0.2) is 6.61 Å². The number of aromatic nitrogens is 1. The molecule has 0 aliphatic carbocycles. The third-order valence-corrected chi connectivity index (χ3v) is 4.51. The third-order valence-electron chi connectivity index (χ3n) is 4.51. The van der Waals surface area contributed by atoms with Gasteiger partial charge in [0.25, 0.3) is 0 Å². The lowest BCUT2D eigenvalue weighted by Crippen LogP contribution is -2.56. The van der Waals surface area contributed by atoms with E-state index in [-0.39, 0.29) is 18.6 Å². The summed E-state index contributed by atoms with van der Waals surface area (Å²) in [5.41, 5.74) is 1.90. The number of carbonyl (C=O) groups excluding carboxylic acids is 1. The Kier molecular flexibility index (Phi) is 6.94. The lowest BCUT2D eigenvalue weighted by molar-refractivity contribution is -0.139. The topological polar surface area (TPSA) is 104 Å². The highest BCUT2D eigenvalue weighted by atomic mass is 16.5. The van der Waals surface area contributed by atoms with Gasteiger partial charge in [-0.15, -0.1) is 0 Å². The van der Waals surface area contributed by atoms with Gasteiger partial charge in [-0.1, -0.05) is 18.2 Å². The molecule has 0 spiro atoms. The van der Waals surface area contributed by atoms with Crippen molar-refractivity contribution in [1.29, 1.82) is 0 Å². The van der Waals surface area contributed by atoms with Crippen molar-refractivity contribution >= 4 is 11.9 Å². The van der Waals surface area contributed by atoms with Crippen molar-refractivity contribution in [2.75, 3.05) is 26.2 Å². The number of hydrogen-bond acceptors (Lipinski definition) is 6. The van der Waals surface area contributed by atoms with Crippen LogP contribution in [-0.4, -0.2) is 59.1 Å². The second-order valence-corrected chi connectivity index (χ2v) is 6.61. The monoisotopic (exact) mass is 384 g/mol. The van der Waals surface area contributed by atoms with Gasteiger partial charge in [-0.05, 0) is 23.8 Å². The maximum Gasteiger partial charge on any atom is 0.341 e. The fourth-order valence-corrected chi connectivity index (χ4v) is 3.10. The summed E-state index contributed by atoms with van der Waals surface area (Å²) in [5.74, 6) is -0.498. The van der Waals surface area contributed by atoms with Crippen molar-refractivity contribution < 1.29 is 19.4 Å². The predicted octanol–water partition coefficient (Wildman–Crippen LogP) is 0.635. The second kappa shape index (κ2) is 9.82. The molecule has 28 heavy (non-hydrogen) atoms. The van der Waals surface area contributed by atoms with Crippen molar-refractivity contribution in [3.63, 3.8) is 0 Å². The summed E-state index contributed by atoms with van der Waals surface area (Å²) in [7, 11) is 0. The van der Waals surface area contributed by atoms with Gasteiger partial charge in [-0.2, -0.15) is 0 Å². The van der Waals surface area contributed by atoms with E-state index < -0.39 is 5.97 Å². The molecule has 0 saturated carbocycles. The number of carboxylic acid groups (broad SMARTS) is 1. The summed E-state index contributed by atoms with van der Waals surface area (Å²) >= 11 is 0. The summed E-state index contributed by atoms with van der Waals surface area (Å²) in [4.78, 5) is 29.4. The molecule has 1 amide bonds. The Morgan fingerprint density at radius 1 is 1.25 bits per heavy atom. The number of hydrogen-bond donors (Lipinski definition) is 3. The van der Waals surface area contributed by atoms with Crippen LogP contribution in [0.25, 0.3) is 0 Å².